The van der Waals surface area contributed by atoms with Crippen LogP contribution in [-0.2, 0) is 23.0 Å². The Bertz CT molecular complexity index is 960. The van der Waals surface area contributed by atoms with Gasteiger partial charge in [-0.2, -0.15) is 0 Å². The molecule has 0 bridgehead atoms. The van der Waals surface area contributed by atoms with Gasteiger partial charge < -0.3 is 0 Å². The highest BCUT2D eigenvalue weighted by molar-refractivity contribution is 7.89. The highest BCUT2D eigenvalue weighted by Gasteiger charge is 2.24. The van der Waals surface area contributed by atoms with Crippen molar-refractivity contribution in [2.45, 2.75) is 38.6 Å². The van der Waals surface area contributed by atoms with Crippen molar-refractivity contribution in [3.8, 4) is 0 Å². The third-order valence-corrected chi connectivity index (χ3v) is 6.10. The fraction of sp³-hybridized carbons (Fsp3) is 0.357. The van der Waals surface area contributed by atoms with E-state index in [9.17, 15) is 8.42 Å². The number of sulfonamides is 1. The van der Waals surface area contributed by atoms with E-state index in [2.05, 4.69) is 20.0 Å². The largest absolute Gasteiger partial charge is 0.245 e. The average Bonchev–Trinajstić information content (AvgIpc) is 3.13. The Morgan fingerprint density at radius 1 is 1.22 bits per heavy atom. The quantitative estimate of drug-likeness (QED) is 0.757. The van der Waals surface area contributed by atoms with Crippen LogP contribution < -0.4 is 4.72 Å². The first-order chi connectivity index (χ1) is 10.9. The Labute approximate surface area is 137 Å². The normalized spacial score (nSPS) is 12.1. The molecule has 0 aliphatic carbocycles. The van der Waals surface area contributed by atoms with Crippen LogP contribution in [0.25, 0.3) is 11.0 Å². The van der Waals surface area contributed by atoms with Gasteiger partial charge in [0.1, 0.15) is 10.4 Å². The lowest BCUT2D eigenvalue weighted by molar-refractivity contribution is 0.315. The molecule has 3 aromatic rings. The predicted octanol–water partition coefficient (Wildman–Crippen LogP) is 2.34. The van der Waals surface area contributed by atoms with Crippen LogP contribution in [0.15, 0.2) is 21.0 Å². The number of rotatable bonds is 5. The SMILES string of the molecule is CCc1nc(CNS(=O)(=O)c2c(C)cc(C)c3nonc23)cs1. The molecule has 0 radical (unpaired) electrons. The summed E-state index contributed by atoms with van der Waals surface area (Å²) in [5.41, 5.74) is 2.84. The first-order valence-electron chi connectivity index (χ1n) is 7.07. The number of nitrogens with zero attached hydrogens (tertiary/aromatic N) is 3. The summed E-state index contributed by atoms with van der Waals surface area (Å²) in [7, 11) is -3.75. The van der Waals surface area contributed by atoms with E-state index in [1.165, 1.54) is 11.3 Å². The lowest BCUT2D eigenvalue weighted by Gasteiger charge is -2.09. The molecule has 1 N–H and O–H groups in total. The number of aromatic nitrogens is 3. The minimum Gasteiger partial charge on any atom is -0.245 e. The van der Waals surface area contributed by atoms with Gasteiger partial charge in [0.25, 0.3) is 0 Å². The smallest absolute Gasteiger partial charge is 0.243 e. The second kappa shape index (κ2) is 5.99. The molecule has 0 fully saturated rings. The molecular weight excluding hydrogens is 336 g/mol. The molecule has 122 valence electrons. The molecule has 2 aromatic heterocycles. The first-order valence-corrected chi connectivity index (χ1v) is 9.44. The maximum atomic E-state index is 12.7. The molecule has 0 aliphatic heterocycles. The third kappa shape index (κ3) is 2.99. The van der Waals surface area contributed by atoms with Crippen LogP contribution in [0.2, 0.25) is 0 Å². The first kappa shape index (κ1) is 16.0. The van der Waals surface area contributed by atoms with Gasteiger partial charge in [-0.1, -0.05) is 13.0 Å². The average molecular weight is 352 g/mol. The van der Waals surface area contributed by atoms with E-state index in [-0.39, 0.29) is 17.0 Å². The summed E-state index contributed by atoms with van der Waals surface area (Å²) in [6, 6.07) is 1.76. The van der Waals surface area contributed by atoms with E-state index in [1.807, 2.05) is 19.2 Å². The van der Waals surface area contributed by atoms with Crippen molar-refractivity contribution < 1.29 is 13.0 Å². The molecule has 7 nitrogen and oxygen atoms in total. The number of thiazole rings is 1. The number of fused-ring (bicyclic) bond motifs is 1. The van der Waals surface area contributed by atoms with E-state index >= 15 is 0 Å². The van der Waals surface area contributed by atoms with Crippen molar-refractivity contribution in [1.82, 2.24) is 20.0 Å². The predicted molar refractivity (Wildman–Crippen MR) is 86.8 cm³/mol. The number of nitrogens with one attached hydrogen (secondary N) is 1. The molecule has 0 aliphatic rings. The number of aryl methyl sites for hydroxylation is 3. The lowest BCUT2D eigenvalue weighted by atomic mass is 10.1. The molecule has 0 saturated carbocycles. The lowest BCUT2D eigenvalue weighted by Crippen LogP contribution is -2.24. The fourth-order valence-corrected chi connectivity index (χ4v) is 4.51. The molecule has 9 heteroatoms. The van der Waals surface area contributed by atoms with E-state index in [4.69, 9.17) is 4.63 Å². The Hall–Kier alpha value is -1.84. The topological polar surface area (TPSA) is 98.0 Å². The highest BCUT2D eigenvalue weighted by Crippen LogP contribution is 2.27. The van der Waals surface area contributed by atoms with Crippen molar-refractivity contribution in [2.24, 2.45) is 0 Å². The van der Waals surface area contributed by atoms with Crippen molar-refractivity contribution in [3.05, 3.63) is 33.3 Å². The fourth-order valence-electron chi connectivity index (χ4n) is 2.41. The van der Waals surface area contributed by atoms with Gasteiger partial charge in [0.05, 0.1) is 17.2 Å². The molecule has 0 saturated heterocycles. The Morgan fingerprint density at radius 2 is 1.96 bits per heavy atom. The summed E-state index contributed by atoms with van der Waals surface area (Å²) in [5, 5.41) is 10.4. The monoisotopic (exact) mass is 352 g/mol. The molecule has 0 amide bonds. The summed E-state index contributed by atoms with van der Waals surface area (Å²) in [4.78, 5) is 4.46. The maximum absolute atomic E-state index is 12.7. The summed E-state index contributed by atoms with van der Waals surface area (Å²) in [5.74, 6) is 0. The van der Waals surface area contributed by atoms with Gasteiger partial charge in [-0.05, 0) is 41.7 Å². The van der Waals surface area contributed by atoms with Crippen molar-refractivity contribution in [1.29, 1.82) is 0 Å². The Morgan fingerprint density at radius 3 is 2.65 bits per heavy atom. The zero-order chi connectivity index (χ0) is 16.6. The van der Waals surface area contributed by atoms with Crippen molar-refractivity contribution in [3.63, 3.8) is 0 Å². The molecule has 3 rings (SSSR count). The maximum Gasteiger partial charge on any atom is 0.243 e. The van der Waals surface area contributed by atoms with Gasteiger partial charge in [-0.25, -0.2) is 22.8 Å². The molecule has 0 atom stereocenters. The standard InChI is InChI=1S/C14H16N4O3S2/c1-4-11-16-10(7-22-11)6-15-23(19,20)14-9(3)5-8(2)12-13(14)18-21-17-12/h5,7,15H,4,6H2,1-3H3. The molecular formula is C14H16N4O3S2. The van der Waals surface area contributed by atoms with Crippen LogP contribution in [0.4, 0.5) is 0 Å². The van der Waals surface area contributed by atoms with Crippen molar-refractivity contribution >= 4 is 32.4 Å². The van der Waals surface area contributed by atoms with Crippen LogP contribution in [0.3, 0.4) is 0 Å². The molecule has 2 heterocycles. The van der Waals surface area contributed by atoms with Crippen LogP contribution in [0.1, 0.15) is 28.8 Å². The zero-order valence-electron chi connectivity index (χ0n) is 13.0. The van der Waals surface area contributed by atoms with Crippen LogP contribution >= 0.6 is 11.3 Å². The number of hydrogen-bond acceptors (Lipinski definition) is 7. The summed E-state index contributed by atoms with van der Waals surface area (Å²) in [6.07, 6.45) is 0.833. The van der Waals surface area contributed by atoms with Crippen molar-refractivity contribution in [2.75, 3.05) is 0 Å². The second-order valence-electron chi connectivity index (χ2n) is 5.21. The zero-order valence-corrected chi connectivity index (χ0v) is 14.6. The highest BCUT2D eigenvalue weighted by atomic mass is 32.2. The van der Waals surface area contributed by atoms with Crippen LogP contribution in [-0.4, -0.2) is 23.7 Å². The van der Waals surface area contributed by atoms with Crippen LogP contribution in [0.5, 0.6) is 0 Å². The van der Waals surface area contributed by atoms with Gasteiger partial charge in [0, 0.05) is 5.38 Å². The molecule has 0 unspecified atom stereocenters. The van der Waals surface area contributed by atoms with Gasteiger partial charge in [-0.15, -0.1) is 11.3 Å². The third-order valence-electron chi connectivity index (χ3n) is 3.48. The van der Waals surface area contributed by atoms with Gasteiger partial charge >= 0.3 is 0 Å². The van der Waals surface area contributed by atoms with Crippen LogP contribution in [0, 0.1) is 13.8 Å². The minimum atomic E-state index is -3.75. The minimum absolute atomic E-state index is 0.102. The summed E-state index contributed by atoms with van der Waals surface area (Å²) < 4.78 is 32.7. The second-order valence-corrected chi connectivity index (χ2v) is 7.86. The van der Waals surface area contributed by atoms with E-state index in [0.29, 0.717) is 16.8 Å². The van der Waals surface area contributed by atoms with Gasteiger partial charge in [-0.3, -0.25) is 0 Å². The van der Waals surface area contributed by atoms with E-state index in [0.717, 1.165) is 17.0 Å². The number of benzene rings is 1. The molecule has 0 spiro atoms. The summed E-state index contributed by atoms with van der Waals surface area (Å²) >= 11 is 1.52. The van der Waals surface area contributed by atoms with Gasteiger partial charge in [0.15, 0.2) is 5.52 Å². The van der Waals surface area contributed by atoms with E-state index < -0.39 is 10.0 Å². The molecule has 1 aromatic carbocycles. The molecule has 23 heavy (non-hydrogen) atoms. The number of hydrogen-bond donors (Lipinski definition) is 1. The van der Waals surface area contributed by atoms with Gasteiger partial charge in [0.2, 0.25) is 10.0 Å². The Kier molecular flexibility index (Phi) is 4.17. The van der Waals surface area contributed by atoms with E-state index in [1.54, 1.807) is 13.0 Å². The Balaban J connectivity index is 1.95. The summed E-state index contributed by atoms with van der Waals surface area (Å²) in [6.45, 7) is 5.72.